The molecule has 0 spiro atoms. The Kier molecular flexibility index (Phi) is 68.4. The predicted octanol–water partition coefficient (Wildman–Crippen LogP) is 15.1. The first-order valence-corrected chi connectivity index (χ1v) is 19.5. The molecular formula is C42H84O4. The van der Waals surface area contributed by atoms with Crippen molar-refractivity contribution in [3.8, 4) is 0 Å². The van der Waals surface area contributed by atoms with E-state index in [-0.39, 0.29) is 0 Å². The van der Waals surface area contributed by atoms with Gasteiger partial charge in [0.05, 0.1) is 0 Å². The van der Waals surface area contributed by atoms with Crippen LogP contribution in [0.4, 0.5) is 0 Å². The second-order valence-corrected chi connectivity index (χ2v) is 12.2. The van der Waals surface area contributed by atoms with E-state index in [0.29, 0.717) is 12.8 Å². The van der Waals surface area contributed by atoms with Crippen molar-refractivity contribution in [2.45, 2.75) is 219 Å². The Morgan fingerprint density at radius 1 is 0.304 bits per heavy atom. The smallest absolute Gasteiger partial charge is 0.303 e. The van der Waals surface area contributed by atoms with Gasteiger partial charge in [0.1, 0.15) is 0 Å². The van der Waals surface area contributed by atoms with Crippen molar-refractivity contribution < 1.29 is 19.8 Å². The van der Waals surface area contributed by atoms with Crippen molar-refractivity contribution in [2.75, 3.05) is 0 Å². The summed E-state index contributed by atoms with van der Waals surface area (Å²) in [5, 5.41) is 17.0. The topological polar surface area (TPSA) is 74.6 Å². The lowest BCUT2D eigenvalue weighted by atomic mass is 10.0. The Labute approximate surface area is 290 Å². The van der Waals surface area contributed by atoms with Gasteiger partial charge in [-0.1, -0.05) is 194 Å². The Hall–Kier alpha value is -1.84. The third-order valence-corrected chi connectivity index (χ3v) is 7.99. The second kappa shape index (κ2) is 58.7. The summed E-state index contributed by atoms with van der Waals surface area (Å²) in [6.45, 7) is 22.5. The van der Waals surface area contributed by atoms with Crippen LogP contribution in [0.5, 0.6) is 0 Å². The molecule has 2 N–H and O–H groups in total. The van der Waals surface area contributed by atoms with Crippen LogP contribution in [-0.2, 0) is 9.59 Å². The van der Waals surface area contributed by atoms with Crippen molar-refractivity contribution in [1.82, 2.24) is 0 Å². The highest BCUT2D eigenvalue weighted by molar-refractivity contribution is 5.66. The van der Waals surface area contributed by atoms with Gasteiger partial charge in [-0.3, -0.25) is 9.59 Å². The molecule has 0 saturated heterocycles. The molecule has 0 bridgehead atoms. The normalized spacial score (nSPS) is 9.70. The van der Waals surface area contributed by atoms with Gasteiger partial charge in [0.15, 0.2) is 0 Å². The van der Waals surface area contributed by atoms with Crippen LogP contribution >= 0.6 is 0 Å². The number of hydrogen-bond acceptors (Lipinski definition) is 2. The van der Waals surface area contributed by atoms with E-state index in [1.165, 1.54) is 167 Å². The molecule has 0 heterocycles. The SMILES string of the molecule is C=C.C=C.C=C.CCCCCCCCCCCCCCCCCC(=O)O.CCCCCCCCCCCCCCCCCC(=O)O. The summed E-state index contributed by atoms with van der Waals surface area (Å²) in [5.41, 5.74) is 0. The van der Waals surface area contributed by atoms with Crippen LogP contribution in [0, 0.1) is 0 Å². The van der Waals surface area contributed by atoms with Crippen LogP contribution in [0.15, 0.2) is 39.5 Å². The Morgan fingerprint density at radius 2 is 0.435 bits per heavy atom. The highest BCUT2D eigenvalue weighted by Crippen LogP contribution is 2.15. The fraction of sp³-hybridized carbons (Fsp3) is 0.810. The molecule has 0 amide bonds. The molecule has 0 saturated carbocycles. The maximum Gasteiger partial charge on any atom is 0.303 e. The van der Waals surface area contributed by atoms with Crippen molar-refractivity contribution in [3.63, 3.8) is 0 Å². The summed E-state index contributed by atoms with van der Waals surface area (Å²) in [4.78, 5) is 20.7. The fourth-order valence-electron chi connectivity index (χ4n) is 5.30. The molecule has 0 aromatic heterocycles. The van der Waals surface area contributed by atoms with Gasteiger partial charge >= 0.3 is 11.9 Å². The lowest BCUT2D eigenvalue weighted by molar-refractivity contribution is -0.138. The van der Waals surface area contributed by atoms with E-state index in [9.17, 15) is 9.59 Å². The standard InChI is InChI=1S/2C18H36O2.3C2H4/c2*1-2-3-4-5-6-7-8-9-10-11-12-13-14-15-16-17-18(19)20;3*1-2/h2*2-17H2,1H3,(H,19,20);3*1-2H2. The molecule has 0 aromatic rings. The maximum absolute atomic E-state index is 10.3. The molecule has 0 aromatic carbocycles. The van der Waals surface area contributed by atoms with Gasteiger partial charge in [0.25, 0.3) is 0 Å². The van der Waals surface area contributed by atoms with Crippen LogP contribution in [-0.4, -0.2) is 22.2 Å². The Morgan fingerprint density at radius 3 is 0.565 bits per heavy atom. The van der Waals surface area contributed by atoms with E-state index in [1.807, 2.05) is 0 Å². The second-order valence-electron chi connectivity index (χ2n) is 12.2. The molecule has 0 aliphatic rings. The molecule has 4 heteroatoms. The number of aliphatic carboxylic acids is 2. The molecule has 0 aliphatic carbocycles. The first kappa shape index (κ1) is 53.6. The van der Waals surface area contributed by atoms with E-state index in [4.69, 9.17) is 10.2 Å². The van der Waals surface area contributed by atoms with Gasteiger partial charge < -0.3 is 10.2 Å². The summed E-state index contributed by atoms with van der Waals surface area (Å²) in [6.07, 6.45) is 40.4. The highest BCUT2D eigenvalue weighted by Gasteiger charge is 1.98. The molecule has 0 aliphatic heterocycles. The maximum atomic E-state index is 10.3. The van der Waals surface area contributed by atoms with Crippen molar-refractivity contribution >= 4 is 11.9 Å². The largest absolute Gasteiger partial charge is 0.481 e. The molecule has 0 fully saturated rings. The van der Waals surface area contributed by atoms with Gasteiger partial charge in [-0.2, -0.15) is 0 Å². The average molecular weight is 653 g/mol. The zero-order valence-corrected chi connectivity index (χ0v) is 31.6. The third-order valence-electron chi connectivity index (χ3n) is 7.99. The van der Waals surface area contributed by atoms with Crippen LogP contribution in [0.1, 0.15) is 219 Å². The predicted molar refractivity (Wildman–Crippen MR) is 208 cm³/mol. The third kappa shape index (κ3) is 69.1. The van der Waals surface area contributed by atoms with Crippen LogP contribution in [0.3, 0.4) is 0 Å². The summed E-state index contributed by atoms with van der Waals surface area (Å²) in [5.74, 6) is -1.31. The van der Waals surface area contributed by atoms with Gasteiger partial charge in [0.2, 0.25) is 0 Å². The molecule has 276 valence electrons. The first-order chi connectivity index (χ1) is 22.5. The van der Waals surface area contributed by atoms with Crippen molar-refractivity contribution in [2.24, 2.45) is 0 Å². The number of rotatable bonds is 32. The lowest BCUT2D eigenvalue weighted by Gasteiger charge is -2.03. The number of carboxylic acid groups (broad SMARTS) is 2. The molecular weight excluding hydrogens is 568 g/mol. The fourth-order valence-corrected chi connectivity index (χ4v) is 5.30. The van der Waals surface area contributed by atoms with Gasteiger partial charge in [-0.15, -0.1) is 39.5 Å². The number of unbranched alkanes of at least 4 members (excludes halogenated alkanes) is 28. The monoisotopic (exact) mass is 653 g/mol. The molecule has 0 radical (unpaired) electrons. The van der Waals surface area contributed by atoms with E-state index < -0.39 is 11.9 Å². The zero-order valence-electron chi connectivity index (χ0n) is 31.6. The zero-order chi connectivity index (χ0) is 35.8. The van der Waals surface area contributed by atoms with Crippen LogP contribution in [0.25, 0.3) is 0 Å². The lowest BCUT2D eigenvalue weighted by Crippen LogP contribution is -1.93. The highest BCUT2D eigenvalue weighted by atomic mass is 16.4. The molecule has 4 nitrogen and oxygen atoms in total. The minimum atomic E-state index is -0.653. The van der Waals surface area contributed by atoms with Gasteiger partial charge in [0, 0.05) is 12.8 Å². The number of carboxylic acids is 2. The summed E-state index contributed by atoms with van der Waals surface area (Å²) < 4.78 is 0. The summed E-state index contributed by atoms with van der Waals surface area (Å²) >= 11 is 0. The minimum absolute atomic E-state index is 0.345. The minimum Gasteiger partial charge on any atom is -0.481 e. The van der Waals surface area contributed by atoms with E-state index >= 15 is 0 Å². The Balaban J connectivity index is -0.000000209. The molecule has 46 heavy (non-hydrogen) atoms. The van der Waals surface area contributed by atoms with E-state index in [2.05, 4.69) is 53.3 Å². The van der Waals surface area contributed by atoms with Crippen molar-refractivity contribution in [1.29, 1.82) is 0 Å². The summed E-state index contributed by atoms with van der Waals surface area (Å²) in [6, 6.07) is 0. The van der Waals surface area contributed by atoms with Crippen LogP contribution < -0.4 is 0 Å². The molecule has 0 unspecified atom stereocenters. The first-order valence-electron chi connectivity index (χ1n) is 19.5. The average Bonchev–Trinajstić information content (AvgIpc) is 3.07. The van der Waals surface area contributed by atoms with Crippen molar-refractivity contribution in [3.05, 3.63) is 39.5 Å². The quantitative estimate of drug-likeness (QED) is 0.0560. The number of carbonyl (C=O) groups is 2. The summed E-state index contributed by atoms with van der Waals surface area (Å²) in [7, 11) is 0. The molecule has 0 atom stereocenters. The van der Waals surface area contributed by atoms with Crippen LogP contribution in [0.2, 0.25) is 0 Å². The van der Waals surface area contributed by atoms with Gasteiger partial charge in [-0.05, 0) is 12.8 Å². The Bertz CT molecular complexity index is 485. The van der Waals surface area contributed by atoms with E-state index in [0.717, 1.165) is 25.7 Å². The van der Waals surface area contributed by atoms with Gasteiger partial charge in [-0.25, -0.2) is 0 Å². The number of hydrogen-bond donors (Lipinski definition) is 2. The van der Waals surface area contributed by atoms with E-state index in [1.54, 1.807) is 0 Å². The molecule has 0 rings (SSSR count).